The van der Waals surface area contributed by atoms with Gasteiger partial charge in [0.2, 0.25) is 11.8 Å². The molecular formula is C19H27N3O2S. The Labute approximate surface area is 154 Å². The van der Waals surface area contributed by atoms with Gasteiger partial charge in [-0.1, -0.05) is 24.3 Å². The van der Waals surface area contributed by atoms with E-state index in [1.54, 1.807) is 0 Å². The summed E-state index contributed by atoms with van der Waals surface area (Å²) < 4.78 is 0. The second-order valence-electron chi connectivity index (χ2n) is 6.79. The van der Waals surface area contributed by atoms with Gasteiger partial charge in [0, 0.05) is 56.7 Å². The van der Waals surface area contributed by atoms with Crippen molar-refractivity contribution in [2.45, 2.75) is 25.8 Å². The summed E-state index contributed by atoms with van der Waals surface area (Å²) >= 11 is 1.91. The van der Waals surface area contributed by atoms with Crippen LogP contribution in [0.3, 0.4) is 0 Å². The quantitative estimate of drug-likeness (QED) is 0.878. The summed E-state index contributed by atoms with van der Waals surface area (Å²) in [6.07, 6.45) is 1.02. The fraction of sp³-hybridized carbons (Fsp3) is 0.579. The van der Waals surface area contributed by atoms with Crippen molar-refractivity contribution in [1.82, 2.24) is 15.1 Å². The van der Waals surface area contributed by atoms with Gasteiger partial charge < -0.3 is 15.1 Å². The van der Waals surface area contributed by atoms with Crippen LogP contribution in [-0.4, -0.2) is 71.9 Å². The number of benzene rings is 1. The third kappa shape index (κ3) is 4.98. The average Bonchev–Trinajstić information content (AvgIpc) is 2.64. The van der Waals surface area contributed by atoms with Crippen LogP contribution in [0.4, 0.5) is 0 Å². The molecule has 2 saturated heterocycles. The fourth-order valence-electron chi connectivity index (χ4n) is 3.38. The number of aryl methyl sites for hydroxylation is 1. The number of hydrogen-bond acceptors (Lipinski definition) is 4. The Balaban J connectivity index is 1.45. The van der Waals surface area contributed by atoms with Crippen LogP contribution in [0.2, 0.25) is 0 Å². The number of piperazine rings is 1. The summed E-state index contributed by atoms with van der Waals surface area (Å²) in [5, 5.41) is 3.42. The molecule has 0 radical (unpaired) electrons. The lowest BCUT2D eigenvalue weighted by molar-refractivity contribution is -0.139. The molecule has 0 spiro atoms. The lowest BCUT2D eigenvalue weighted by Crippen LogP contribution is -2.52. The molecule has 1 N–H and O–H groups in total. The minimum atomic E-state index is 0.159. The molecule has 136 valence electrons. The van der Waals surface area contributed by atoms with Crippen molar-refractivity contribution in [1.29, 1.82) is 0 Å². The van der Waals surface area contributed by atoms with E-state index >= 15 is 0 Å². The average molecular weight is 362 g/mol. The van der Waals surface area contributed by atoms with E-state index in [9.17, 15) is 9.59 Å². The normalized spacial score (nSPS) is 21.2. The highest BCUT2D eigenvalue weighted by Crippen LogP contribution is 2.14. The van der Waals surface area contributed by atoms with Gasteiger partial charge in [-0.15, -0.1) is 0 Å². The number of carbonyl (C=O) groups excluding carboxylic acids is 2. The standard InChI is InChI=1S/C19H27N3O2S/c1-15-4-2-3-5-16(15)12-18(23)21-7-9-22(10-8-21)19(24)13-17-14-25-11-6-20-17/h2-5,17,20H,6-14H2,1H3. The van der Waals surface area contributed by atoms with E-state index in [0.29, 0.717) is 45.1 Å². The van der Waals surface area contributed by atoms with Gasteiger partial charge in [-0.05, 0) is 18.1 Å². The van der Waals surface area contributed by atoms with Crippen LogP contribution in [0.5, 0.6) is 0 Å². The van der Waals surface area contributed by atoms with Crippen LogP contribution >= 0.6 is 11.8 Å². The number of hydrogen-bond donors (Lipinski definition) is 1. The molecule has 1 atom stereocenters. The Morgan fingerprint density at radius 2 is 1.80 bits per heavy atom. The molecule has 2 fully saturated rings. The Hall–Kier alpha value is -1.53. The van der Waals surface area contributed by atoms with Gasteiger partial charge in [0.05, 0.1) is 6.42 Å². The summed E-state index contributed by atoms with van der Waals surface area (Å²) in [5.74, 6) is 2.52. The zero-order valence-corrected chi connectivity index (χ0v) is 15.7. The van der Waals surface area contributed by atoms with Gasteiger partial charge in [0.1, 0.15) is 0 Å². The van der Waals surface area contributed by atoms with Gasteiger partial charge in [-0.25, -0.2) is 0 Å². The van der Waals surface area contributed by atoms with Crippen molar-refractivity contribution in [3.63, 3.8) is 0 Å². The first kappa shape index (κ1) is 18.3. The summed E-state index contributed by atoms with van der Waals surface area (Å²) in [4.78, 5) is 28.8. The Kier molecular flexibility index (Phi) is 6.37. The number of amides is 2. The molecule has 1 aromatic rings. The van der Waals surface area contributed by atoms with Crippen molar-refractivity contribution in [2.75, 3.05) is 44.2 Å². The number of thioether (sulfide) groups is 1. The van der Waals surface area contributed by atoms with Crippen molar-refractivity contribution < 1.29 is 9.59 Å². The molecule has 0 bridgehead atoms. The third-order valence-corrected chi connectivity index (χ3v) is 6.14. The first-order valence-electron chi connectivity index (χ1n) is 9.04. The summed E-state index contributed by atoms with van der Waals surface area (Å²) in [7, 11) is 0. The molecule has 5 nitrogen and oxygen atoms in total. The van der Waals surface area contributed by atoms with Crippen molar-refractivity contribution in [2.24, 2.45) is 0 Å². The second-order valence-corrected chi connectivity index (χ2v) is 7.94. The zero-order valence-electron chi connectivity index (χ0n) is 14.9. The largest absolute Gasteiger partial charge is 0.339 e. The van der Waals surface area contributed by atoms with Gasteiger partial charge >= 0.3 is 0 Å². The minimum absolute atomic E-state index is 0.159. The monoisotopic (exact) mass is 361 g/mol. The highest BCUT2D eigenvalue weighted by atomic mass is 32.2. The highest BCUT2D eigenvalue weighted by molar-refractivity contribution is 7.99. The van der Waals surface area contributed by atoms with E-state index in [1.807, 2.05) is 52.8 Å². The molecule has 1 unspecified atom stereocenters. The number of carbonyl (C=O) groups is 2. The van der Waals surface area contributed by atoms with Crippen molar-refractivity contribution in [3.8, 4) is 0 Å². The van der Waals surface area contributed by atoms with E-state index in [2.05, 4.69) is 5.32 Å². The molecule has 2 heterocycles. The maximum absolute atomic E-state index is 12.5. The SMILES string of the molecule is Cc1ccccc1CC(=O)N1CCN(C(=O)CC2CSCCN2)CC1. The lowest BCUT2D eigenvalue weighted by Gasteiger charge is -2.36. The van der Waals surface area contributed by atoms with E-state index in [0.717, 1.165) is 29.2 Å². The highest BCUT2D eigenvalue weighted by Gasteiger charge is 2.26. The molecule has 25 heavy (non-hydrogen) atoms. The van der Waals surface area contributed by atoms with E-state index in [-0.39, 0.29) is 11.8 Å². The summed E-state index contributed by atoms with van der Waals surface area (Å²) in [5.41, 5.74) is 2.24. The zero-order chi connectivity index (χ0) is 17.6. The summed E-state index contributed by atoms with van der Waals surface area (Å²) in [6.45, 7) is 5.61. The van der Waals surface area contributed by atoms with E-state index < -0.39 is 0 Å². The van der Waals surface area contributed by atoms with Gasteiger partial charge in [-0.3, -0.25) is 9.59 Å². The number of rotatable bonds is 4. The van der Waals surface area contributed by atoms with Crippen LogP contribution in [0, 0.1) is 6.92 Å². The van der Waals surface area contributed by atoms with Gasteiger partial charge in [0.15, 0.2) is 0 Å². The van der Waals surface area contributed by atoms with Crippen LogP contribution in [-0.2, 0) is 16.0 Å². The maximum atomic E-state index is 12.5. The number of nitrogens with one attached hydrogen (secondary N) is 1. The first-order chi connectivity index (χ1) is 12.1. The van der Waals surface area contributed by atoms with Crippen LogP contribution in [0.1, 0.15) is 17.5 Å². The molecule has 0 saturated carbocycles. The Morgan fingerprint density at radius 1 is 1.12 bits per heavy atom. The Morgan fingerprint density at radius 3 is 2.44 bits per heavy atom. The maximum Gasteiger partial charge on any atom is 0.227 e. The third-order valence-electron chi connectivity index (χ3n) is 5.01. The number of nitrogens with zero attached hydrogens (tertiary/aromatic N) is 2. The van der Waals surface area contributed by atoms with Crippen molar-refractivity contribution >= 4 is 23.6 Å². The van der Waals surface area contributed by atoms with E-state index in [4.69, 9.17) is 0 Å². The fourth-order valence-corrected chi connectivity index (χ4v) is 4.33. The topological polar surface area (TPSA) is 52.7 Å². The summed E-state index contributed by atoms with van der Waals surface area (Å²) in [6, 6.07) is 8.32. The molecule has 3 rings (SSSR count). The predicted octanol–water partition coefficient (Wildman–Crippen LogP) is 1.30. The van der Waals surface area contributed by atoms with Gasteiger partial charge in [-0.2, -0.15) is 11.8 Å². The van der Waals surface area contributed by atoms with E-state index in [1.165, 1.54) is 0 Å². The second kappa shape index (κ2) is 8.72. The molecule has 1 aromatic carbocycles. The smallest absolute Gasteiger partial charge is 0.227 e. The molecule has 6 heteroatoms. The van der Waals surface area contributed by atoms with Crippen LogP contribution < -0.4 is 5.32 Å². The Bertz CT molecular complexity index is 608. The van der Waals surface area contributed by atoms with Crippen LogP contribution in [0.25, 0.3) is 0 Å². The lowest BCUT2D eigenvalue weighted by atomic mass is 10.1. The molecule has 2 aliphatic rings. The molecular weight excluding hydrogens is 334 g/mol. The molecule has 2 aliphatic heterocycles. The first-order valence-corrected chi connectivity index (χ1v) is 10.2. The van der Waals surface area contributed by atoms with Crippen molar-refractivity contribution in [3.05, 3.63) is 35.4 Å². The molecule has 2 amide bonds. The minimum Gasteiger partial charge on any atom is -0.339 e. The van der Waals surface area contributed by atoms with Crippen LogP contribution in [0.15, 0.2) is 24.3 Å². The predicted molar refractivity (Wildman–Crippen MR) is 102 cm³/mol. The molecule has 0 aliphatic carbocycles. The molecule has 0 aromatic heterocycles. The van der Waals surface area contributed by atoms with Gasteiger partial charge in [0.25, 0.3) is 0 Å².